The second kappa shape index (κ2) is 9.08. The molecule has 0 saturated carbocycles. The Kier molecular flexibility index (Phi) is 6.25. The van der Waals surface area contributed by atoms with Gasteiger partial charge in [0.2, 0.25) is 0 Å². The first kappa shape index (κ1) is 21.3. The van der Waals surface area contributed by atoms with Crippen molar-refractivity contribution in [2.75, 3.05) is 26.3 Å². The van der Waals surface area contributed by atoms with Crippen LogP contribution in [0.2, 0.25) is 0 Å². The first-order valence-electron chi connectivity index (χ1n) is 10.6. The number of aromatic nitrogens is 2. The summed E-state index contributed by atoms with van der Waals surface area (Å²) >= 11 is 0. The first-order valence-corrected chi connectivity index (χ1v) is 10.6. The molecular formula is C24H29N3O4. The largest absolute Gasteiger partial charge is 0.487 e. The predicted octanol–water partition coefficient (Wildman–Crippen LogP) is 4.23. The smallest absolute Gasteiger partial charge is 0.420 e. The Morgan fingerprint density at radius 3 is 2.58 bits per heavy atom. The number of benzene rings is 1. The van der Waals surface area contributed by atoms with Gasteiger partial charge in [-0.25, -0.2) is 14.3 Å². The molecule has 7 heteroatoms. The van der Waals surface area contributed by atoms with Gasteiger partial charge in [0.05, 0.1) is 19.4 Å². The molecule has 1 fully saturated rings. The maximum absolute atomic E-state index is 13.0. The lowest BCUT2D eigenvalue weighted by atomic mass is 10.2. The molecule has 1 aliphatic rings. The molecule has 0 unspecified atom stereocenters. The fourth-order valence-corrected chi connectivity index (χ4v) is 3.56. The van der Waals surface area contributed by atoms with E-state index in [4.69, 9.17) is 14.2 Å². The van der Waals surface area contributed by atoms with Gasteiger partial charge in [-0.05, 0) is 38.5 Å². The molecule has 0 aliphatic carbocycles. The zero-order chi connectivity index (χ0) is 21.8. The molecule has 164 valence electrons. The molecule has 3 aromatic rings. The summed E-state index contributed by atoms with van der Waals surface area (Å²) in [6.45, 7) is 9.72. The molecule has 7 nitrogen and oxygen atoms in total. The molecular weight excluding hydrogens is 394 g/mol. The maximum Gasteiger partial charge on any atom is 0.420 e. The van der Waals surface area contributed by atoms with Gasteiger partial charge < -0.3 is 14.2 Å². The van der Waals surface area contributed by atoms with Crippen LogP contribution in [0.3, 0.4) is 0 Å². The highest BCUT2D eigenvalue weighted by Gasteiger charge is 2.24. The number of ether oxygens (including phenoxy) is 3. The van der Waals surface area contributed by atoms with Gasteiger partial charge in [0.15, 0.2) is 0 Å². The summed E-state index contributed by atoms with van der Waals surface area (Å²) in [7, 11) is 0. The van der Waals surface area contributed by atoms with Crippen molar-refractivity contribution in [3.05, 3.63) is 59.9 Å². The highest BCUT2D eigenvalue weighted by Crippen LogP contribution is 2.25. The van der Waals surface area contributed by atoms with Crippen LogP contribution in [0.4, 0.5) is 4.79 Å². The van der Waals surface area contributed by atoms with Crippen LogP contribution in [0.5, 0.6) is 5.75 Å². The lowest BCUT2D eigenvalue weighted by molar-refractivity contribution is 0.0321. The van der Waals surface area contributed by atoms with Crippen molar-refractivity contribution in [3.8, 4) is 5.75 Å². The Morgan fingerprint density at radius 1 is 1.13 bits per heavy atom. The first-order chi connectivity index (χ1) is 14.9. The number of carbonyl (C=O) groups is 1. The van der Waals surface area contributed by atoms with E-state index in [0.717, 1.165) is 29.7 Å². The molecule has 1 saturated heterocycles. The van der Waals surface area contributed by atoms with E-state index in [1.165, 1.54) is 0 Å². The quantitative estimate of drug-likeness (QED) is 0.612. The number of pyridine rings is 1. The fraction of sp³-hybridized carbons (Fsp3) is 0.417. The van der Waals surface area contributed by atoms with Crippen LogP contribution in [0.15, 0.2) is 48.7 Å². The zero-order valence-corrected chi connectivity index (χ0v) is 18.3. The second-order valence-corrected chi connectivity index (χ2v) is 8.70. The van der Waals surface area contributed by atoms with E-state index >= 15 is 0 Å². The van der Waals surface area contributed by atoms with E-state index in [1.54, 1.807) is 10.8 Å². The number of hydrogen-bond donors (Lipinski definition) is 0. The van der Waals surface area contributed by atoms with Crippen molar-refractivity contribution < 1.29 is 19.0 Å². The molecule has 0 bridgehead atoms. The monoisotopic (exact) mass is 423 g/mol. The molecule has 0 radical (unpaired) electrons. The van der Waals surface area contributed by atoms with E-state index in [-0.39, 0.29) is 0 Å². The van der Waals surface area contributed by atoms with Gasteiger partial charge >= 0.3 is 6.09 Å². The number of nitrogens with zero attached hydrogens (tertiary/aromatic N) is 3. The molecule has 0 N–H and O–H groups in total. The highest BCUT2D eigenvalue weighted by atomic mass is 16.6. The SMILES string of the molecule is CC(C)(C)OC(=O)n1c(CN2CCOCC2)cc2cc(OCc3ccccc3)cnc21. The van der Waals surface area contributed by atoms with Gasteiger partial charge in [-0.15, -0.1) is 0 Å². The van der Waals surface area contributed by atoms with Gasteiger partial charge in [-0.1, -0.05) is 30.3 Å². The van der Waals surface area contributed by atoms with Crippen LogP contribution in [-0.2, 0) is 22.6 Å². The van der Waals surface area contributed by atoms with Crippen molar-refractivity contribution in [3.63, 3.8) is 0 Å². The van der Waals surface area contributed by atoms with Gasteiger partial charge in [0.1, 0.15) is 23.6 Å². The van der Waals surface area contributed by atoms with Crippen LogP contribution < -0.4 is 4.74 Å². The van der Waals surface area contributed by atoms with Crippen LogP contribution in [0.1, 0.15) is 32.0 Å². The summed E-state index contributed by atoms with van der Waals surface area (Å²) in [5.41, 5.74) is 1.91. The molecule has 2 aromatic heterocycles. The summed E-state index contributed by atoms with van der Waals surface area (Å²) < 4.78 is 18.6. The van der Waals surface area contributed by atoms with E-state index in [9.17, 15) is 4.79 Å². The predicted molar refractivity (Wildman–Crippen MR) is 118 cm³/mol. The summed E-state index contributed by atoms with van der Waals surface area (Å²) in [5.74, 6) is 0.663. The van der Waals surface area contributed by atoms with Gasteiger partial charge in [-0.2, -0.15) is 0 Å². The standard InChI is InChI=1S/C24H29N3O4/c1-24(2,3)31-23(28)27-20(16-26-9-11-29-12-10-26)13-19-14-21(15-25-22(19)27)30-17-18-7-5-4-6-8-18/h4-8,13-15H,9-12,16-17H2,1-3H3. The molecule has 0 amide bonds. The number of hydrogen-bond acceptors (Lipinski definition) is 6. The molecule has 1 aromatic carbocycles. The maximum atomic E-state index is 13.0. The van der Waals surface area contributed by atoms with Gasteiger partial charge in [-0.3, -0.25) is 4.90 Å². The Morgan fingerprint density at radius 2 is 1.87 bits per heavy atom. The molecule has 0 spiro atoms. The van der Waals surface area contributed by atoms with E-state index in [1.807, 2.05) is 63.2 Å². The van der Waals surface area contributed by atoms with Crippen LogP contribution in [0, 0.1) is 0 Å². The van der Waals surface area contributed by atoms with Crippen LogP contribution >= 0.6 is 0 Å². The molecule has 31 heavy (non-hydrogen) atoms. The normalized spacial score (nSPS) is 15.2. The number of morpholine rings is 1. The number of rotatable bonds is 5. The third kappa shape index (κ3) is 5.42. The summed E-state index contributed by atoms with van der Waals surface area (Å²) in [6.07, 6.45) is 1.24. The van der Waals surface area contributed by atoms with Crippen molar-refractivity contribution in [1.82, 2.24) is 14.5 Å². The summed E-state index contributed by atoms with van der Waals surface area (Å²) in [4.78, 5) is 19.8. The molecule has 3 heterocycles. The molecule has 0 atom stereocenters. The fourth-order valence-electron chi connectivity index (χ4n) is 3.56. The van der Waals surface area contributed by atoms with E-state index in [2.05, 4.69) is 9.88 Å². The minimum absolute atomic E-state index is 0.420. The van der Waals surface area contributed by atoms with Gasteiger partial charge in [0.25, 0.3) is 0 Å². The van der Waals surface area contributed by atoms with Crippen LogP contribution in [-0.4, -0.2) is 52.4 Å². The van der Waals surface area contributed by atoms with E-state index in [0.29, 0.717) is 37.8 Å². The van der Waals surface area contributed by atoms with Crippen molar-refractivity contribution in [2.45, 2.75) is 39.5 Å². The molecule has 4 rings (SSSR count). The topological polar surface area (TPSA) is 65.8 Å². The third-order valence-electron chi connectivity index (χ3n) is 5.00. The Bertz CT molecular complexity index is 1030. The van der Waals surface area contributed by atoms with Crippen molar-refractivity contribution in [2.24, 2.45) is 0 Å². The average molecular weight is 424 g/mol. The minimum atomic E-state index is -0.595. The second-order valence-electron chi connectivity index (χ2n) is 8.70. The number of fused-ring (bicyclic) bond motifs is 1. The summed E-state index contributed by atoms with van der Waals surface area (Å²) in [6, 6.07) is 13.9. The average Bonchev–Trinajstić information content (AvgIpc) is 3.09. The molecule has 1 aliphatic heterocycles. The third-order valence-corrected chi connectivity index (χ3v) is 5.00. The highest BCUT2D eigenvalue weighted by molar-refractivity contribution is 5.89. The van der Waals surface area contributed by atoms with Crippen LogP contribution in [0.25, 0.3) is 11.0 Å². The number of carbonyl (C=O) groups excluding carboxylic acids is 1. The zero-order valence-electron chi connectivity index (χ0n) is 18.3. The lowest BCUT2D eigenvalue weighted by Gasteiger charge is -2.27. The Hall–Kier alpha value is -2.90. The Balaban J connectivity index is 1.62. The van der Waals surface area contributed by atoms with Crippen molar-refractivity contribution >= 4 is 17.1 Å². The Labute approximate surface area is 182 Å². The van der Waals surface area contributed by atoms with Gasteiger partial charge in [0, 0.05) is 30.7 Å². The van der Waals surface area contributed by atoms with E-state index < -0.39 is 11.7 Å². The lowest BCUT2D eigenvalue weighted by Crippen LogP contribution is -2.37. The summed E-state index contributed by atoms with van der Waals surface area (Å²) in [5, 5.41) is 0.847. The minimum Gasteiger partial charge on any atom is -0.487 e. The van der Waals surface area contributed by atoms with Crippen molar-refractivity contribution in [1.29, 1.82) is 0 Å².